The summed E-state index contributed by atoms with van der Waals surface area (Å²) in [7, 11) is 0. The van der Waals surface area contributed by atoms with Gasteiger partial charge in [-0.3, -0.25) is 14.6 Å². The van der Waals surface area contributed by atoms with Crippen molar-refractivity contribution in [3.8, 4) is 11.3 Å². The molecular weight excluding hydrogens is 432 g/mol. The predicted octanol–water partition coefficient (Wildman–Crippen LogP) is 3.44. The third kappa shape index (κ3) is 4.36. The number of nitrogens with one attached hydrogen (secondary N) is 1. The van der Waals surface area contributed by atoms with Gasteiger partial charge in [0.15, 0.2) is 5.89 Å². The highest BCUT2D eigenvalue weighted by atomic mass is 16.3. The zero-order chi connectivity index (χ0) is 23.7. The number of nitrogens with zero attached hydrogens (tertiary/aromatic N) is 3. The Bertz CT molecular complexity index is 1390. The van der Waals surface area contributed by atoms with E-state index in [0.29, 0.717) is 35.3 Å². The van der Waals surface area contributed by atoms with Crippen molar-refractivity contribution in [1.29, 1.82) is 0 Å². The van der Waals surface area contributed by atoms with Crippen molar-refractivity contribution >= 4 is 16.8 Å². The van der Waals surface area contributed by atoms with Crippen molar-refractivity contribution in [3.05, 3.63) is 82.4 Å². The van der Waals surface area contributed by atoms with Crippen molar-refractivity contribution in [2.75, 3.05) is 0 Å². The van der Waals surface area contributed by atoms with Gasteiger partial charge in [0.25, 0.3) is 11.5 Å². The molecular formula is C26H26N4O4. The predicted molar refractivity (Wildman–Crippen MR) is 128 cm³/mol. The number of hydrogen-bond acceptors (Lipinski definition) is 6. The number of oxazole rings is 1. The van der Waals surface area contributed by atoms with Gasteiger partial charge in [-0.1, -0.05) is 37.1 Å². The van der Waals surface area contributed by atoms with Crippen LogP contribution in [0.4, 0.5) is 0 Å². The maximum atomic E-state index is 13.2. The second-order valence-electron chi connectivity index (χ2n) is 8.76. The minimum absolute atomic E-state index is 0.214. The van der Waals surface area contributed by atoms with E-state index < -0.39 is 6.10 Å². The lowest BCUT2D eigenvalue weighted by Gasteiger charge is -2.28. The zero-order valence-corrected chi connectivity index (χ0v) is 18.9. The summed E-state index contributed by atoms with van der Waals surface area (Å²) in [6.45, 7) is 2.09. The van der Waals surface area contributed by atoms with Crippen LogP contribution in [0.5, 0.6) is 0 Å². The summed E-state index contributed by atoms with van der Waals surface area (Å²) < 4.78 is 6.82. The first-order valence-electron chi connectivity index (χ1n) is 11.5. The van der Waals surface area contributed by atoms with Crippen LogP contribution >= 0.6 is 0 Å². The summed E-state index contributed by atoms with van der Waals surface area (Å²) in [5, 5.41) is 13.6. The molecule has 8 nitrogen and oxygen atoms in total. The molecule has 8 heteroatoms. The Hall–Kier alpha value is -3.78. The fraction of sp³-hybridized carbons (Fsp3) is 0.308. The average Bonchev–Trinajstić information content (AvgIpc) is 3.29. The number of fused-ring (bicyclic) bond motifs is 1. The lowest BCUT2D eigenvalue weighted by Crippen LogP contribution is -2.45. The van der Waals surface area contributed by atoms with E-state index in [1.165, 1.54) is 4.57 Å². The van der Waals surface area contributed by atoms with Crippen LogP contribution in [-0.4, -0.2) is 37.7 Å². The fourth-order valence-electron chi connectivity index (χ4n) is 4.51. The van der Waals surface area contributed by atoms with Crippen LogP contribution < -0.4 is 10.9 Å². The standard InChI is InChI=1S/C26H26N4O4/c1-16-28-22(15-34-16)18-10-8-17(9-11-18)13-30-14-20(24-19(26(30)33)5-4-12-27-24)25(32)29-21-6-2-3-7-23(21)31/h4-5,8-12,14-15,21,23,31H,2-3,6-7,13H2,1H3,(H,29,32)/t21-,23-/m0/s1. The number of rotatable bonds is 5. The van der Waals surface area contributed by atoms with E-state index in [2.05, 4.69) is 15.3 Å². The Kier molecular flexibility index (Phi) is 5.98. The first-order chi connectivity index (χ1) is 16.5. The summed E-state index contributed by atoms with van der Waals surface area (Å²) in [4.78, 5) is 35.0. The van der Waals surface area contributed by atoms with E-state index in [0.717, 1.165) is 36.1 Å². The Morgan fingerprint density at radius 1 is 1.21 bits per heavy atom. The summed E-state index contributed by atoms with van der Waals surface area (Å²) in [5.74, 6) is 0.266. The van der Waals surface area contributed by atoms with Gasteiger partial charge in [-0.15, -0.1) is 0 Å². The number of pyridine rings is 2. The van der Waals surface area contributed by atoms with Gasteiger partial charge in [-0.2, -0.15) is 0 Å². The number of aliphatic hydroxyl groups is 1. The number of carbonyl (C=O) groups excluding carboxylic acids is 1. The third-order valence-corrected chi connectivity index (χ3v) is 6.35. The molecule has 1 amide bonds. The largest absolute Gasteiger partial charge is 0.449 e. The lowest BCUT2D eigenvalue weighted by atomic mass is 9.92. The van der Waals surface area contributed by atoms with Gasteiger partial charge in [-0.05, 0) is 30.5 Å². The molecule has 2 atom stereocenters. The lowest BCUT2D eigenvalue weighted by molar-refractivity contribution is 0.0718. The molecule has 0 radical (unpaired) electrons. The highest BCUT2D eigenvalue weighted by Crippen LogP contribution is 2.21. The van der Waals surface area contributed by atoms with Gasteiger partial charge < -0.3 is 19.4 Å². The Balaban J connectivity index is 1.46. The number of aromatic nitrogens is 3. The molecule has 2 N–H and O–H groups in total. The van der Waals surface area contributed by atoms with E-state index in [4.69, 9.17) is 4.42 Å². The summed E-state index contributed by atoms with van der Waals surface area (Å²) >= 11 is 0. The van der Waals surface area contributed by atoms with Crippen molar-refractivity contribution in [2.45, 2.75) is 51.3 Å². The second kappa shape index (κ2) is 9.23. The minimum Gasteiger partial charge on any atom is -0.449 e. The topological polar surface area (TPSA) is 110 Å². The molecule has 0 aliphatic heterocycles. The Labute approximate surface area is 196 Å². The molecule has 34 heavy (non-hydrogen) atoms. The van der Waals surface area contributed by atoms with Crippen LogP contribution in [0.2, 0.25) is 0 Å². The minimum atomic E-state index is -0.560. The van der Waals surface area contributed by atoms with E-state index in [9.17, 15) is 14.7 Å². The van der Waals surface area contributed by atoms with E-state index in [1.54, 1.807) is 37.7 Å². The van der Waals surface area contributed by atoms with Crippen LogP contribution in [0.25, 0.3) is 22.2 Å². The van der Waals surface area contributed by atoms with Gasteiger partial charge >= 0.3 is 0 Å². The molecule has 5 rings (SSSR count). The van der Waals surface area contributed by atoms with Crippen LogP contribution in [0.1, 0.15) is 47.5 Å². The van der Waals surface area contributed by atoms with Crippen molar-refractivity contribution in [3.63, 3.8) is 0 Å². The van der Waals surface area contributed by atoms with Gasteiger partial charge in [-0.25, -0.2) is 4.98 Å². The first kappa shape index (κ1) is 22.0. The van der Waals surface area contributed by atoms with Crippen LogP contribution in [0.3, 0.4) is 0 Å². The molecule has 1 fully saturated rings. The molecule has 4 aromatic rings. The number of amides is 1. The van der Waals surface area contributed by atoms with Crippen LogP contribution in [0, 0.1) is 6.92 Å². The SMILES string of the molecule is Cc1nc(-c2ccc(Cn3cc(C(=O)N[C@H]4CCCC[C@@H]4O)c4ncccc4c3=O)cc2)co1. The van der Waals surface area contributed by atoms with E-state index in [-0.39, 0.29) is 17.5 Å². The summed E-state index contributed by atoms with van der Waals surface area (Å²) in [6.07, 6.45) is 7.51. The molecule has 0 unspecified atom stereocenters. The summed E-state index contributed by atoms with van der Waals surface area (Å²) in [6, 6.07) is 10.8. The van der Waals surface area contributed by atoms with Crippen molar-refractivity contribution in [1.82, 2.24) is 19.9 Å². The van der Waals surface area contributed by atoms with E-state index in [1.807, 2.05) is 24.3 Å². The van der Waals surface area contributed by atoms with Gasteiger partial charge in [0.05, 0.1) is 35.2 Å². The zero-order valence-electron chi connectivity index (χ0n) is 18.9. The molecule has 1 aliphatic carbocycles. The highest BCUT2D eigenvalue weighted by molar-refractivity contribution is 6.05. The smallest absolute Gasteiger partial charge is 0.260 e. The molecule has 0 spiro atoms. The maximum absolute atomic E-state index is 13.2. The maximum Gasteiger partial charge on any atom is 0.260 e. The van der Waals surface area contributed by atoms with Crippen LogP contribution in [0.15, 0.2) is 64.3 Å². The van der Waals surface area contributed by atoms with Gasteiger partial charge in [0, 0.05) is 24.9 Å². The number of carbonyl (C=O) groups is 1. The second-order valence-corrected chi connectivity index (χ2v) is 8.76. The molecule has 174 valence electrons. The van der Waals surface area contributed by atoms with Gasteiger partial charge in [0.1, 0.15) is 12.0 Å². The molecule has 0 bridgehead atoms. The molecule has 1 saturated carbocycles. The molecule has 3 heterocycles. The van der Waals surface area contributed by atoms with Crippen molar-refractivity contribution < 1.29 is 14.3 Å². The molecule has 0 saturated heterocycles. The number of hydrogen-bond donors (Lipinski definition) is 2. The fourth-order valence-corrected chi connectivity index (χ4v) is 4.51. The Morgan fingerprint density at radius 2 is 2.00 bits per heavy atom. The number of aryl methyl sites for hydroxylation is 1. The van der Waals surface area contributed by atoms with Gasteiger partial charge in [0.2, 0.25) is 0 Å². The molecule has 3 aromatic heterocycles. The normalized spacial score (nSPS) is 18.2. The monoisotopic (exact) mass is 458 g/mol. The molecule has 1 aromatic carbocycles. The first-order valence-corrected chi connectivity index (χ1v) is 11.5. The number of aliphatic hydroxyl groups excluding tert-OH is 1. The molecule has 1 aliphatic rings. The van der Waals surface area contributed by atoms with E-state index >= 15 is 0 Å². The highest BCUT2D eigenvalue weighted by Gasteiger charge is 2.26. The number of benzene rings is 1. The third-order valence-electron chi connectivity index (χ3n) is 6.35. The average molecular weight is 459 g/mol. The quantitative estimate of drug-likeness (QED) is 0.474. The Morgan fingerprint density at radius 3 is 2.74 bits per heavy atom. The van der Waals surface area contributed by atoms with Crippen LogP contribution in [-0.2, 0) is 6.54 Å². The summed E-state index contributed by atoms with van der Waals surface area (Å²) in [5.41, 5.74) is 3.05. The van der Waals surface area contributed by atoms with Crippen molar-refractivity contribution in [2.24, 2.45) is 0 Å².